The van der Waals surface area contributed by atoms with Crippen LogP contribution in [0, 0.1) is 0 Å². The molecule has 1 fully saturated rings. The Balaban J connectivity index is 1.37. The van der Waals surface area contributed by atoms with E-state index >= 15 is 0 Å². The van der Waals surface area contributed by atoms with Crippen molar-refractivity contribution >= 4 is 22.5 Å². The lowest BCUT2D eigenvalue weighted by Crippen LogP contribution is -2.42. The highest BCUT2D eigenvalue weighted by Gasteiger charge is 2.17. The zero-order valence-electron chi connectivity index (χ0n) is 19.4. The molecule has 1 saturated heterocycles. The number of aromatic nitrogens is 2. The molecule has 34 heavy (non-hydrogen) atoms. The van der Waals surface area contributed by atoms with Crippen LogP contribution in [0.3, 0.4) is 0 Å². The molecule has 9 heteroatoms. The topological polar surface area (TPSA) is 95.2 Å². The Labute approximate surface area is 197 Å². The second-order valence-electron chi connectivity index (χ2n) is 7.88. The van der Waals surface area contributed by atoms with E-state index in [0.29, 0.717) is 55.2 Å². The molecule has 1 aliphatic rings. The second kappa shape index (κ2) is 10.9. The molecule has 9 nitrogen and oxygen atoms in total. The Morgan fingerprint density at radius 2 is 1.85 bits per heavy atom. The number of hydrogen-bond acceptors (Lipinski definition) is 7. The van der Waals surface area contributed by atoms with Gasteiger partial charge in [0.25, 0.3) is 11.5 Å². The lowest BCUT2D eigenvalue weighted by molar-refractivity contribution is -0.137. The maximum atomic E-state index is 12.5. The number of nitrogens with zero attached hydrogens (tertiary/aromatic N) is 4. The number of fused-ring (bicyclic) bond motifs is 1. The molecule has 1 aliphatic heterocycles. The van der Waals surface area contributed by atoms with Crippen LogP contribution in [0.1, 0.15) is 24.7 Å². The van der Waals surface area contributed by atoms with Crippen molar-refractivity contribution in [1.29, 1.82) is 0 Å². The molecule has 178 valence electrons. The van der Waals surface area contributed by atoms with Crippen molar-refractivity contribution in [1.82, 2.24) is 14.5 Å². The fourth-order valence-corrected chi connectivity index (χ4v) is 3.67. The van der Waals surface area contributed by atoms with E-state index in [2.05, 4.69) is 10.1 Å². The van der Waals surface area contributed by atoms with Gasteiger partial charge in [0.2, 0.25) is 0 Å². The molecule has 0 aliphatic carbocycles. The SMILES string of the molecule is CC/C(=N/OCc1nc2ccccc2c(=O)n1C)c1ccc(OCC(=O)N2CCOCC2)cc1. The number of hydrogen-bond donors (Lipinski definition) is 0. The van der Waals surface area contributed by atoms with E-state index in [0.717, 1.165) is 11.3 Å². The van der Waals surface area contributed by atoms with E-state index in [4.69, 9.17) is 14.3 Å². The van der Waals surface area contributed by atoms with Gasteiger partial charge in [-0.05, 0) is 48.4 Å². The van der Waals surface area contributed by atoms with Crippen LogP contribution in [0.2, 0.25) is 0 Å². The number of morpholine rings is 1. The predicted octanol–water partition coefficient (Wildman–Crippen LogP) is 2.50. The molecule has 4 rings (SSSR count). The number of carbonyl (C=O) groups is 1. The van der Waals surface area contributed by atoms with Gasteiger partial charge in [0.1, 0.15) is 5.75 Å². The Morgan fingerprint density at radius 1 is 1.12 bits per heavy atom. The molecule has 1 aromatic heterocycles. The summed E-state index contributed by atoms with van der Waals surface area (Å²) in [5.74, 6) is 1.06. The number of para-hydroxylation sites is 1. The molecule has 0 unspecified atom stereocenters. The van der Waals surface area contributed by atoms with Gasteiger partial charge in [-0.2, -0.15) is 0 Å². The number of carbonyl (C=O) groups excluding carboxylic acids is 1. The monoisotopic (exact) mass is 464 g/mol. The van der Waals surface area contributed by atoms with Crippen LogP contribution in [0.5, 0.6) is 5.75 Å². The Hall–Kier alpha value is -3.72. The first kappa shape index (κ1) is 23.4. The highest BCUT2D eigenvalue weighted by Crippen LogP contribution is 2.15. The van der Waals surface area contributed by atoms with Gasteiger partial charge in [0, 0.05) is 20.1 Å². The van der Waals surface area contributed by atoms with Crippen molar-refractivity contribution < 1.29 is 19.1 Å². The third-order valence-corrected chi connectivity index (χ3v) is 5.69. The quantitative estimate of drug-likeness (QED) is 0.376. The largest absolute Gasteiger partial charge is 0.484 e. The van der Waals surface area contributed by atoms with Crippen LogP contribution in [0.4, 0.5) is 0 Å². The zero-order valence-corrected chi connectivity index (χ0v) is 19.4. The summed E-state index contributed by atoms with van der Waals surface area (Å²) in [5, 5.41) is 4.84. The summed E-state index contributed by atoms with van der Waals surface area (Å²) in [6.07, 6.45) is 0.653. The average molecular weight is 465 g/mol. The van der Waals surface area contributed by atoms with Crippen LogP contribution in [-0.2, 0) is 28.0 Å². The highest BCUT2D eigenvalue weighted by atomic mass is 16.6. The summed E-state index contributed by atoms with van der Waals surface area (Å²) in [7, 11) is 1.67. The Morgan fingerprint density at radius 3 is 2.59 bits per heavy atom. The van der Waals surface area contributed by atoms with Gasteiger partial charge in [0.15, 0.2) is 19.0 Å². The van der Waals surface area contributed by atoms with E-state index in [1.54, 1.807) is 24.1 Å². The van der Waals surface area contributed by atoms with Crippen LogP contribution in [0.15, 0.2) is 58.5 Å². The minimum atomic E-state index is -0.119. The van der Waals surface area contributed by atoms with Gasteiger partial charge < -0.3 is 19.2 Å². The number of rotatable bonds is 8. The average Bonchev–Trinajstić information content (AvgIpc) is 2.89. The maximum Gasteiger partial charge on any atom is 0.261 e. The zero-order chi connectivity index (χ0) is 23.9. The highest BCUT2D eigenvalue weighted by molar-refractivity contribution is 6.00. The number of oxime groups is 1. The summed E-state index contributed by atoms with van der Waals surface area (Å²) in [5.41, 5.74) is 2.15. The molecule has 0 N–H and O–H groups in total. The van der Waals surface area contributed by atoms with Gasteiger partial charge >= 0.3 is 0 Å². The molecule has 0 bridgehead atoms. The smallest absolute Gasteiger partial charge is 0.261 e. The van der Waals surface area contributed by atoms with Gasteiger partial charge in [-0.1, -0.05) is 24.2 Å². The summed E-state index contributed by atoms with van der Waals surface area (Å²) < 4.78 is 12.4. The van der Waals surface area contributed by atoms with Crippen molar-refractivity contribution in [2.24, 2.45) is 12.2 Å². The Bertz CT molecular complexity index is 1230. The van der Waals surface area contributed by atoms with Crippen molar-refractivity contribution in [2.75, 3.05) is 32.9 Å². The van der Waals surface area contributed by atoms with E-state index < -0.39 is 0 Å². The fourth-order valence-electron chi connectivity index (χ4n) is 3.67. The fraction of sp³-hybridized carbons (Fsp3) is 0.360. The number of benzene rings is 2. The van der Waals surface area contributed by atoms with Gasteiger partial charge in [-0.3, -0.25) is 14.2 Å². The summed E-state index contributed by atoms with van der Waals surface area (Å²) >= 11 is 0. The third-order valence-electron chi connectivity index (χ3n) is 5.69. The molecular weight excluding hydrogens is 436 g/mol. The van der Waals surface area contributed by atoms with E-state index in [-0.39, 0.29) is 24.7 Å². The van der Waals surface area contributed by atoms with Gasteiger partial charge in [-0.25, -0.2) is 4.98 Å². The van der Waals surface area contributed by atoms with Crippen LogP contribution >= 0.6 is 0 Å². The molecule has 0 saturated carbocycles. The Kier molecular flexibility index (Phi) is 7.54. The van der Waals surface area contributed by atoms with Crippen molar-refractivity contribution in [3.63, 3.8) is 0 Å². The molecule has 3 aromatic rings. The maximum absolute atomic E-state index is 12.5. The van der Waals surface area contributed by atoms with Crippen molar-refractivity contribution in [3.05, 3.63) is 70.3 Å². The van der Waals surface area contributed by atoms with Crippen LogP contribution in [0.25, 0.3) is 10.9 Å². The molecule has 0 spiro atoms. The molecule has 2 aromatic carbocycles. The van der Waals surface area contributed by atoms with E-state index in [9.17, 15) is 9.59 Å². The van der Waals surface area contributed by atoms with Crippen molar-refractivity contribution in [3.8, 4) is 5.75 Å². The molecule has 2 heterocycles. The first-order valence-electron chi connectivity index (χ1n) is 11.3. The summed E-state index contributed by atoms with van der Waals surface area (Å²) in [6, 6.07) is 14.6. The molecular formula is C25H28N4O5. The standard InChI is InChI=1S/C25H28N4O5/c1-3-21(27-34-16-23-26-22-7-5-4-6-20(22)25(31)28(23)2)18-8-10-19(11-9-18)33-17-24(30)29-12-14-32-15-13-29/h4-11H,3,12-17H2,1-2H3/b27-21-. The summed E-state index contributed by atoms with van der Waals surface area (Å²) in [6.45, 7) is 4.38. The minimum absolute atomic E-state index is 0.00530. The first-order chi connectivity index (χ1) is 16.6. The van der Waals surface area contributed by atoms with E-state index in [1.165, 1.54) is 4.57 Å². The molecule has 0 atom stereocenters. The van der Waals surface area contributed by atoms with Gasteiger partial charge in [0.05, 0.1) is 29.8 Å². The van der Waals surface area contributed by atoms with Crippen LogP contribution in [-0.4, -0.2) is 59.0 Å². The first-order valence-corrected chi connectivity index (χ1v) is 11.3. The lowest BCUT2D eigenvalue weighted by atomic mass is 10.1. The van der Waals surface area contributed by atoms with E-state index in [1.807, 2.05) is 43.3 Å². The molecule has 1 amide bonds. The number of amides is 1. The predicted molar refractivity (Wildman–Crippen MR) is 128 cm³/mol. The number of ether oxygens (including phenoxy) is 2. The third kappa shape index (κ3) is 5.43. The van der Waals surface area contributed by atoms with Crippen molar-refractivity contribution in [2.45, 2.75) is 20.0 Å². The van der Waals surface area contributed by atoms with Gasteiger partial charge in [-0.15, -0.1) is 0 Å². The molecule has 0 radical (unpaired) electrons. The second-order valence-corrected chi connectivity index (χ2v) is 7.88. The minimum Gasteiger partial charge on any atom is -0.484 e. The lowest BCUT2D eigenvalue weighted by Gasteiger charge is -2.26. The summed E-state index contributed by atoms with van der Waals surface area (Å²) in [4.78, 5) is 36.6. The van der Waals surface area contributed by atoms with Crippen LogP contribution < -0.4 is 10.3 Å². The normalized spacial score (nSPS) is 14.3.